The molecule has 0 radical (unpaired) electrons. The van der Waals surface area contributed by atoms with E-state index in [9.17, 15) is 8.78 Å². The monoisotopic (exact) mass is 289 g/mol. The largest absolute Gasteiger partial charge is 0.205 e. The Morgan fingerprint density at radius 1 is 1.00 bits per heavy atom. The van der Waals surface area contributed by atoms with E-state index in [1.165, 1.54) is 37.8 Å². The molecule has 0 spiro atoms. The predicted molar refractivity (Wildman–Crippen MR) is 77.7 cm³/mol. The number of fused-ring (bicyclic) bond motifs is 1. The molecule has 3 rings (SSSR count). The fourth-order valence-corrected chi connectivity index (χ4v) is 4.36. The summed E-state index contributed by atoms with van der Waals surface area (Å²) in [5.41, 5.74) is 0.278. The number of halogens is 2. The van der Waals surface area contributed by atoms with E-state index in [0.29, 0.717) is 5.92 Å². The van der Waals surface area contributed by atoms with Crippen LogP contribution in [0, 0.1) is 40.7 Å². The molecule has 3 heteroatoms. The fraction of sp³-hybridized carbons (Fsp3) is 0.611. The smallest absolute Gasteiger partial charge is 0.144 e. The van der Waals surface area contributed by atoms with Crippen LogP contribution in [0.25, 0.3) is 0 Å². The number of hydrogen-bond acceptors (Lipinski definition) is 1. The Balaban J connectivity index is 1.78. The van der Waals surface area contributed by atoms with Crippen LogP contribution in [-0.2, 0) is 0 Å². The Morgan fingerprint density at radius 3 is 2.29 bits per heavy atom. The van der Waals surface area contributed by atoms with Crippen LogP contribution in [0.3, 0.4) is 0 Å². The molecule has 112 valence electrons. The summed E-state index contributed by atoms with van der Waals surface area (Å²) in [6, 6.07) is 4.34. The Morgan fingerprint density at radius 2 is 1.62 bits per heavy atom. The summed E-state index contributed by atoms with van der Waals surface area (Å²) in [4.78, 5) is 0. The molecule has 0 heterocycles. The van der Waals surface area contributed by atoms with Gasteiger partial charge in [-0.05, 0) is 73.5 Å². The van der Waals surface area contributed by atoms with Crippen LogP contribution in [-0.4, -0.2) is 0 Å². The van der Waals surface area contributed by atoms with Gasteiger partial charge in [-0.2, -0.15) is 5.26 Å². The van der Waals surface area contributed by atoms with Crippen LogP contribution >= 0.6 is 0 Å². The molecular weight excluding hydrogens is 268 g/mol. The first-order valence-electron chi connectivity index (χ1n) is 7.97. The summed E-state index contributed by atoms with van der Waals surface area (Å²) in [5.74, 6) is 1.16. The Kier molecular flexibility index (Phi) is 3.97. The third kappa shape index (κ3) is 2.81. The number of benzene rings is 1. The molecule has 2 saturated carbocycles. The number of rotatable bonds is 1. The first-order chi connectivity index (χ1) is 10.1. The molecule has 1 aromatic rings. The minimum atomic E-state index is -0.716. The van der Waals surface area contributed by atoms with Gasteiger partial charge in [-0.25, -0.2) is 8.78 Å². The molecule has 1 aromatic carbocycles. The second kappa shape index (κ2) is 5.75. The van der Waals surface area contributed by atoms with Gasteiger partial charge in [0.15, 0.2) is 0 Å². The van der Waals surface area contributed by atoms with Crippen LogP contribution in [0.5, 0.6) is 0 Å². The molecule has 4 atom stereocenters. The third-order valence-electron chi connectivity index (χ3n) is 5.52. The van der Waals surface area contributed by atoms with Gasteiger partial charge in [-0.1, -0.05) is 13.3 Å². The molecule has 0 amide bonds. The zero-order valence-electron chi connectivity index (χ0n) is 12.4. The standard InChI is InChI=1S/C18H21F2N/c1-11-2-3-13-7-14(5-4-12(13)6-11)15-8-17(19)16(10-21)18(20)9-15/h8-9,11-14H,2-7H2,1H3. The highest BCUT2D eigenvalue weighted by Crippen LogP contribution is 2.47. The fourth-order valence-electron chi connectivity index (χ4n) is 4.36. The molecule has 1 nitrogen and oxygen atoms in total. The molecule has 0 aliphatic heterocycles. The van der Waals surface area contributed by atoms with Crippen molar-refractivity contribution in [2.45, 2.75) is 51.4 Å². The van der Waals surface area contributed by atoms with Gasteiger partial charge in [0.05, 0.1) is 0 Å². The number of hydrogen-bond donors (Lipinski definition) is 0. The molecule has 2 fully saturated rings. The summed E-state index contributed by atoms with van der Waals surface area (Å²) in [7, 11) is 0. The lowest BCUT2D eigenvalue weighted by Gasteiger charge is -2.41. The average Bonchev–Trinajstić information content (AvgIpc) is 2.46. The van der Waals surface area contributed by atoms with Gasteiger partial charge < -0.3 is 0 Å². The highest BCUT2D eigenvalue weighted by atomic mass is 19.1. The minimum absolute atomic E-state index is 0.247. The van der Waals surface area contributed by atoms with Crippen molar-refractivity contribution in [3.8, 4) is 6.07 Å². The van der Waals surface area contributed by atoms with E-state index in [1.807, 2.05) is 0 Å². The van der Waals surface area contributed by atoms with E-state index in [4.69, 9.17) is 5.26 Å². The van der Waals surface area contributed by atoms with Crippen molar-refractivity contribution in [1.82, 2.24) is 0 Å². The maximum Gasteiger partial charge on any atom is 0.144 e. The SMILES string of the molecule is CC1CCC2CC(c3cc(F)c(C#N)c(F)c3)CCC2C1. The third-order valence-corrected chi connectivity index (χ3v) is 5.52. The van der Waals surface area contributed by atoms with Crippen LogP contribution in [0.15, 0.2) is 12.1 Å². The van der Waals surface area contributed by atoms with Gasteiger partial charge in [0.1, 0.15) is 23.3 Å². The molecule has 21 heavy (non-hydrogen) atoms. The highest BCUT2D eigenvalue weighted by Gasteiger charge is 2.35. The lowest BCUT2D eigenvalue weighted by Crippen LogP contribution is -2.29. The van der Waals surface area contributed by atoms with E-state index in [-0.39, 0.29) is 5.92 Å². The average molecular weight is 289 g/mol. The van der Waals surface area contributed by atoms with E-state index >= 15 is 0 Å². The van der Waals surface area contributed by atoms with Crippen molar-refractivity contribution in [3.05, 3.63) is 34.9 Å². The second-order valence-corrected chi connectivity index (χ2v) is 6.92. The predicted octanol–water partition coefficient (Wildman–Crippen LogP) is 5.16. The molecule has 2 aliphatic rings. The summed E-state index contributed by atoms with van der Waals surface area (Å²) in [6.45, 7) is 2.33. The van der Waals surface area contributed by atoms with Crippen molar-refractivity contribution in [2.24, 2.45) is 17.8 Å². The molecule has 2 aliphatic carbocycles. The lowest BCUT2D eigenvalue weighted by molar-refractivity contribution is 0.124. The normalized spacial score (nSPS) is 32.3. The Bertz CT molecular complexity index is 552. The van der Waals surface area contributed by atoms with Crippen molar-refractivity contribution in [1.29, 1.82) is 5.26 Å². The minimum Gasteiger partial charge on any atom is -0.205 e. The first kappa shape index (κ1) is 14.5. The van der Waals surface area contributed by atoms with Crippen molar-refractivity contribution < 1.29 is 8.78 Å². The molecule has 0 aromatic heterocycles. The Hall–Kier alpha value is -1.43. The van der Waals surface area contributed by atoms with Crippen LogP contribution in [0.2, 0.25) is 0 Å². The number of nitriles is 1. The molecule has 0 bridgehead atoms. The zero-order valence-corrected chi connectivity index (χ0v) is 12.4. The molecule has 0 saturated heterocycles. The Labute approximate surface area is 125 Å². The topological polar surface area (TPSA) is 23.8 Å². The zero-order chi connectivity index (χ0) is 15.0. The van der Waals surface area contributed by atoms with Gasteiger partial charge in [0.25, 0.3) is 0 Å². The van der Waals surface area contributed by atoms with Gasteiger partial charge >= 0.3 is 0 Å². The highest BCUT2D eigenvalue weighted by molar-refractivity contribution is 5.36. The van der Waals surface area contributed by atoms with Crippen LogP contribution < -0.4 is 0 Å². The van der Waals surface area contributed by atoms with E-state index in [1.54, 1.807) is 6.07 Å². The lowest BCUT2D eigenvalue weighted by atomic mass is 9.64. The molecule has 0 N–H and O–H groups in total. The van der Waals surface area contributed by atoms with E-state index in [0.717, 1.165) is 30.2 Å². The van der Waals surface area contributed by atoms with E-state index in [2.05, 4.69) is 6.92 Å². The molecular formula is C18H21F2N. The van der Waals surface area contributed by atoms with Gasteiger partial charge in [0.2, 0.25) is 0 Å². The van der Waals surface area contributed by atoms with Crippen LogP contribution in [0.1, 0.15) is 62.5 Å². The van der Waals surface area contributed by atoms with Crippen molar-refractivity contribution in [2.75, 3.05) is 0 Å². The van der Waals surface area contributed by atoms with Crippen LogP contribution in [0.4, 0.5) is 8.78 Å². The maximum atomic E-state index is 13.8. The second-order valence-electron chi connectivity index (χ2n) is 6.92. The van der Waals surface area contributed by atoms with Crippen molar-refractivity contribution in [3.63, 3.8) is 0 Å². The number of nitrogens with zero attached hydrogens (tertiary/aromatic N) is 1. The summed E-state index contributed by atoms with van der Waals surface area (Å²) >= 11 is 0. The summed E-state index contributed by atoms with van der Waals surface area (Å²) < 4.78 is 27.6. The quantitative estimate of drug-likeness (QED) is 0.701. The summed E-state index contributed by atoms with van der Waals surface area (Å²) in [5, 5.41) is 8.75. The van der Waals surface area contributed by atoms with Crippen molar-refractivity contribution >= 4 is 0 Å². The summed E-state index contributed by atoms with van der Waals surface area (Å²) in [6.07, 6.45) is 7.07. The van der Waals surface area contributed by atoms with Gasteiger partial charge in [-0.15, -0.1) is 0 Å². The molecule has 4 unspecified atom stereocenters. The maximum absolute atomic E-state index is 13.8. The first-order valence-corrected chi connectivity index (χ1v) is 7.97. The van der Waals surface area contributed by atoms with E-state index < -0.39 is 17.2 Å². The van der Waals surface area contributed by atoms with Gasteiger partial charge in [0, 0.05) is 0 Å². The van der Waals surface area contributed by atoms with Gasteiger partial charge in [-0.3, -0.25) is 0 Å².